The van der Waals surface area contributed by atoms with E-state index in [0.717, 1.165) is 24.2 Å². The zero-order valence-corrected chi connectivity index (χ0v) is 12.9. The van der Waals surface area contributed by atoms with Crippen LogP contribution in [0.1, 0.15) is 17.7 Å². The van der Waals surface area contributed by atoms with Crippen LogP contribution in [0.15, 0.2) is 16.3 Å². The van der Waals surface area contributed by atoms with E-state index in [1.54, 1.807) is 13.2 Å². The summed E-state index contributed by atoms with van der Waals surface area (Å²) in [6, 6.07) is 3.01. The third-order valence-corrected chi connectivity index (χ3v) is 5.49. The van der Waals surface area contributed by atoms with Gasteiger partial charge in [0, 0.05) is 35.8 Å². The van der Waals surface area contributed by atoms with E-state index in [2.05, 4.69) is 5.32 Å². The minimum atomic E-state index is -3.70. The van der Waals surface area contributed by atoms with Crippen LogP contribution in [0.4, 0.5) is 0 Å². The molecule has 1 N–H and O–H groups in total. The Morgan fingerprint density at radius 3 is 2.74 bits per heavy atom. The zero-order valence-electron chi connectivity index (χ0n) is 10.5. The van der Waals surface area contributed by atoms with Crippen molar-refractivity contribution in [1.82, 2.24) is 5.32 Å². The monoisotopic (exact) mass is 325 g/mol. The molecule has 5 nitrogen and oxygen atoms in total. The van der Waals surface area contributed by atoms with Crippen LogP contribution < -0.4 is 5.32 Å². The average Bonchev–Trinajstić information content (AvgIpc) is 2.77. The van der Waals surface area contributed by atoms with Crippen molar-refractivity contribution in [3.05, 3.63) is 17.0 Å². The molecule has 0 bridgehead atoms. The summed E-state index contributed by atoms with van der Waals surface area (Å²) in [4.78, 5) is 12.3. The Morgan fingerprint density at radius 2 is 2.16 bits per heavy atom. The summed E-state index contributed by atoms with van der Waals surface area (Å²) < 4.78 is 27.1. The maximum atomic E-state index is 11.6. The quantitative estimate of drug-likeness (QED) is 0.584. The first-order valence-corrected chi connectivity index (χ1v) is 8.85. The van der Waals surface area contributed by atoms with Gasteiger partial charge in [-0.3, -0.25) is 4.79 Å². The van der Waals surface area contributed by atoms with Gasteiger partial charge >= 0.3 is 0 Å². The number of halogens is 1. The molecule has 1 aromatic heterocycles. The number of methoxy groups -OCH3 is 1. The maximum Gasteiger partial charge on any atom is 0.270 e. The van der Waals surface area contributed by atoms with Gasteiger partial charge in [0.2, 0.25) is 5.91 Å². The number of amides is 1. The van der Waals surface area contributed by atoms with Gasteiger partial charge in [0.1, 0.15) is 4.21 Å². The molecule has 0 aromatic carbocycles. The van der Waals surface area contributed by atoms with Crippen molar-refractivity contribution in [3.63, 3.8) is 0 Å². The molecule has 0 saturated carbocycles. The number of ether oxygens (including phenoxy) is 1. The molecule has 0 atom stereocenters. The first-order valence-electron chi connectivity index (χ1n) is 5.72. The number of hydrogen-bond donors (Lipinski definition) is 1. The fourth-order valence-corrected chi connectivity index (χ4v) is 3.53. The lowest BCUT2D eigenvalue weighted by Gasteiger charge is -2.03. The number of unbranched alkanes of at least 4 members (excludes halogenated alkanes) is 1. The Balaban J connectivity index is 2.35. The highest BCUT2D eigenvalue weighted by Crippen LogP contribution is 2.24. The average molecular weight is 326 g/mol. The highest BCUT2D eigenvalue weighted by molar-refractivity contribution is 8.15. The molecule has 1 heterocycles. The summed E-state index contributed by atoms with van der Waals surface area (Å²) in [5.74, 6) is -0.127. The number of rotatable bonds is 8. The highest BCUT2D eigenvalue weighted by atomic mass is 35.7. The van der Waals surface area contributed by atoms with E-state index in [-0.39, 0.29) is 16.5 Å². The number of carbonyl (C=O) groups excluding carboxylic acids is 1. The third-order valence-electron chi connectivity index (χ3n) is 2.31. The van der Waals surface area contributed by atoms with E-state index in [0.29, 0.717) is 18.0 Å². The summed E-state index contributed by atoms with van der Waals surface area (Å²) >= 11 is 1.01. The molecule has 0 fully saturated rings. The minimum Gasteiger partial charge on any atom is -0.385 e. The molecule has 19 heavy (non-hydrogen) atoms. The van der Waals surface area contributed by atoms with Crippen molar-refractivity contribution in [2.75, 3.05) is 20.3 Å². The molecule has 0 aliphatic heterocycles. The highest BCUT2D eigenvalue weighted by Gasteiger charge is 2.14. The lowest BCUT2D eigenvalue weighted by Crippen LogP contribution is -2.25. The normalized spacial score (nSPS) is 11.5. The standard InChI is InChI=1S/C11H16ClNO4S2/c1-17-7-3-2-6-13-10(14)8-9-4-5-11(18-9)19(12,15)16/h4-5H,2-3,6-8H2,1H3,(H,13,14). The Morgan fingerprint density at radius 1 is 1.42 bits per heavy atom. The summed E-state index contributed by atoms with van der Waals surface area (Å²) in [6.07, 6.45) is 1.91. The summed E-state index contributed by atoms with van der Waals surface area (Å²) in [7, 11) is 3.15. The van der Waals surface area contributed by atoms with E-state index < -0.39 is 9.05 Å². The number of carbonyl (C=O) groups is 1. The largest absolute Gasteiger partial charge is 0.385 e. The molecule has 0 radical (unpaired) electrons. The molecule has 0 saturated heterocycles. The molecular weight excluding hydrogens is 310 g/mol. The Kier molecular flexibility index (Phi) is 6.78. The van der Waals surface area contributed by atoms with Gasteiger partial charge in [-0.25, -0.2) is 8.42 Å². The van der Waals surface area contributed by atoms with Crippen LogP contribution >= 0.6 is 22.0 Å². The van der Waals surface area contributed by atoms with E-state index >= 15 is 0 Å². The van der Waals surface area contributed by atoms with Crippen LogP contribution in [-0.4, -0.2) is 34.6 Å². The van der Waals surface area contributed by atoms with Crippen molar-refractivity contribution in [1.29, 1.82) is 0 Å². The molecule has 1 rings (SSSR count). The Hall–Kier alpha value is -0.630. The second-order valence-electron chi connectivity index (χ2n) is 3.89. The van der Waals surface area contributed by atoms with Crippen LogP contribution in [0.5, 0.6) is 0 Å². The lowest BCUT2D eigenvalue weighted by molar-refractivity contribution is -0.120. The molecule has 108 valence electrons. The number of nitrogens with one attached hydrogen (secondary N) is 1. The predicted octanol–water partition coefficient (Wildman–Crippen LogP) is 1.76. The van der Waals surface area contributed by atoms with Gasteiger partial charge in [-0.2, -0.15) is 0 Å². The van der Waals surface area contributed by atoms with Gasteiger partial charge in [-0.1, -0.05) is 0 Å². The van der Waals surface area contributed by atoms with Gasteiger partial charge in [0.25, 0.3) is 9.05 Å². The number of thiophene rings is 1. The maximum absolute atomic E-state index is 11.6. The fourth-order valence-electron chi connectivity index (χ4n) is 1.40. The van der Waals surface area contributed by atoms with Crippen molar-refractivity contribution in [2.24, 2.45) is 0 Å². The van der Waals surface area contributed by atoms with Crippen LogP contribution in [0.2, 0.25) is 0 Å². The smallest absolute Gasteiger partial charge is 0.270 e. The van der Waals surface area contributed by atoms with Gasteiger partial charge in [0.05, 0.1) is 6.42 Å². The van der Waals surface area contributed by atoms with Crippen LogP contribution in [0.3, 0.4) is 0 Å². The molecule has 0 aliphatic rings. The minimum absolute atomic E-state index is 0.0667. The summed E-state index contributed by atoms with van der Waals surface area (Å²) in [6.45, 7) is 1.27. The molecule has 1 amide bonds. The van der Waals surface area contributed by atoms with E-state index in [1.807, 2.05) is 0 Å². The second kappa shape index (κ2) is 7.84. The second-order valence-corrected chi connectivity index (χ2v) is 7.85. The molecule has 1 aromatic rings. The van der Waals surface area contributed by atoms with Crippen LogP contribution in [-0.2, 0) is 25.0 Å². The molecule has 8 heteroatoms. The Bertz CT molecular complexity index is 513. The zero-order chi connectivity index (χ0) is 14.3. The first kappa shape index (κ1) is 16.4. The molecule has 0 aliphatic carbocycles. The predicted molar refractivity (Wildman–Crippen MR) is 75.2 cm³/mol. The first-order chi connectivity index (χ1) is 8.93. The van der Waals surface area contributed by atoms with E-state index in [1.165, 1.54) is 6.07 Å². The van der Waals surface area contributed by atoms with E-state index in [9.17, 15) is 13.2 Å². The third kappa shape index (κ3) is 6.38. The topological polar surface area (TPSA) is 72.5 Å². The van der Waals surface area contributed by atoms with Gasteiger partial charge in [-0.15, -0.1) is 11.3 Å². The van der Waals surface area contributed by atoms with Gasteiger partial charge in [0.15, 0.2) is 0 Å². The van der Waals surface area contributed by atoms with Crippen molar-refractivity contribution in [3.8, 4) is 0 Å². The van der Waals surface area contributed by atoms with Crippen molar-refractivity contribution < 1.29 is 17.9 Å². The molecule has 0 unspecified atom stereocenters. The van der Waals surface area contributed by atoms with Crippen LogP contribution in [0, 0.1) is 0 Å². The molecule has 0 spiro atoms. The summed E-state index contributed by atoms with van der Waals surface area (Å²) in [5.41, 5.74) is 0. The van der Waals surface area contributed by atoms with Gasteiger partial charge in [-0.05, 0) is 25.0 Å². The van der Waals surface area contributed by atoms with Crippen LogP contribution in [0.25, 0.3) is 0 Å². The SMILES string of the molecule is COCCCCNC(=O)Cc1ccc(S(=O)(=O)Cl)s1. The van der Waals surface area contributed by atoms with Crippen molar-refractivity contribution in [2.45, 2.75) is 23.5 Å². The number of hydrogen-bond acceptors (Lipinski definition) is 5. The molecular formula is C11H16ClNO4S2. The fraction of sp³-hybridized carbons (Fsp3) is 0.545. The lowest BCUT2D eigenvalue weighted by atomic mass is 10.3. The van der Waals surface area contributed by atoms with Crippen molar-refractivity contribution >= 4 is 37.0 Å². The summed E-state index contributed by atoms with van der Waals surface area (Å²) in [5, 5.41) is 2.77. The van der Waals surface area contributed by atoms with Gasteiger partial charge < -0.3 is 10.1 Å². The van der Waals surface area contributed by atoms with E-state index in [4.69, 9.17) is 15.4 Å². The Labute approximate surface area is 121 Å².